The van der Waals surface area contributed by atoms with Gasteiger partial charge >= 0.3 is 0 Å². The molecule has 0 spiro atoms. The average molecular weight is 285 g/mol. The summed E-state index contributed by atoms with van der Waals surface area (Å²) in [5.74, 6) is 2.51. The van der Waals surface area contributed by atoms with E-state index in [-0.39, 0.29) is 6.04 Å². The van der Waals surface area contributed by atoms with E-state index in [2.05, 4.69) is 31.2 Å². The molecule has 3 rings (SSSR count). The maximum absolute atomic E-state index is 6.56. The molecule has 0 amide bonds. The SMILES string of the molecule is CCCC1CCC(C(N)c2ccc(C3CCC3)cc2)CC1. The van der Waals surface area contributed by atoms with E-state index in [9.17, 15) is 0 Å². The van der Waals surface area contributed by atoms with Gasteiger partial charge in [0.2, 0.25) is 0 Å². The molecular formula is C20H31N. The van der Waals surface area contributed by atoms with Crippen LogP contribution in [0.2, 0.25) is 0 Å². The van der Waals surface area contributed by atoms with Crippen LogP contribution in [-0.2, 0) is 0 Å². The largest absolute Gasteiger partial charge is 0.324 e. The lowest BCUT2D eigenvalue weighted by molar-refractivity contribution is 0.234. The van der Waals surface area contributed by atoms with Gasteiger partial charge in [0.05, 0.1) is 0 Å². The van der Waals surface area contributed by atoms with Gasteiger partial charge in [-0.25, -0.2) is 0 Å². The number of rotatable bonds is 5. The summed E-state index contributed by atoms with van der Waals surface area (Å²) in [6, 6.07) is 9.53. The quantitative estimate of drug-likeness (QED) is 0.753. The zero-order chi connectivity index (χ0) is 14.7. The molecule has 1 unspecified atom stereocenters. The highest BCUT2D eigenvalue weighted by Crippen LogP contribution is 2.39. The number of hydrogen-bond donors (Lipinski definition) is 1. The molecule has 0 heterocycles. The Labute approximate surface area is 130 Å². The van der Waals surface area contributed by atoms with E-state index < -0.39 is 0 Å². The molecule has 1 atom stereocenters. The molecule has 116 valence electrons. The second-order valence-corrected chi connectivity index (χ2v) is 7.39. The molecule has 1 aromatic rings. The summed E-state index contributed by atoms with van der Waals surface area (Å²) < 4.78 is 0. The summed E-state index contributed by atoms with van der Waals surface area (Å²) in [5.41, 5.74) is 9.45. The van der Waals surface area contributed by atoms with E-state index in [0.29, 0.717) is 5.92 Å². The topological polar surface area (TPSA) is 26.0 Å². The minimum atomic E-state index is 0.253. The van der Waals surface area contributed by atoms with Crippen molar-refractivity contribution in [2.45, 2.75) is 76.7 Å². The van der Waals surface area contributed by atoms with Crippen LogP contribution in [0.3, 0.4) is 0 Å². The van der Waals surface area contributed by atoms with Crippen molar-refractivity contribution in [1.29, 1.82) is 0 Å². The fourth-order valence-electron chi connectivity index (χ4n) is 4.25. The Hall–Kier alpha value is -0.820. The maximum Gasteiger partial charge on any atom is 0.0323 e. The third kappa shape index (κ3) is 3.51. The normalized spacial score (nSPS) is 28.1. The molecule has 2 aliphatic rings. The standard InChI is InChI=1S/C20H31N/c1-2-4-15-7-9-18(10-8-15)20(21)19-13-11-17(12-14-19)16-5-3-6-16/h11-16,18,20H,2-10,21H2,1H3. The molecule has 0 radical (unpaired) electrons. The van der Waals surface area contributed by atoms with Crippen LogP contribution in [0, 0.1) is 11.8 Å². The second kappa shape index (κ2) is 6.96. The molecular weight excluding hydrogens is 254 g/mol. The van der Waals surface area contributed by atoms with E-state index in [1.165, 1.54) is 68.9 Å². The molecule has 0 saturated heterocycles. The lowest BCUT2D eigenvalue weighted by atomic mass is 9.75. The average Bonchev–Trinajstić information content (AvgIpc) is 2.47. The van der Waals surface area contributed by atoms with Crippen molar-refractivity contribution in [3.05, 3.63) is 35.4 Å². The van der Waals surface area contributed by atoms with Gasteiger partial charge in [0.25, 0.3) is 0 Å². The van der Waals surface area contributed by atoms with Crippen molar-refractivity contribution < 1.29 is 0 Å². The lowest BCUT2D eigenvalue weighted by Gasteiger charge is -2.32. The minimum Gasteiger partial charge on any atom is -0.324 e. The van der Waals surface area contributed by atoms with Crippen LogP contribution in [0.1, 0.15) is 87.8 Å². The second-order valence-electron chi connectivity index (χ2n) is 7.39. The first-order valence-electron chi connectivity index (χ1n) is 9.13. The zero-order valence-electron chi connectivity index (χ0n) is 13.6. The highest BCUT2D eigenvalue weighted by Gasteiger charge is 2.26. The van der Waals surface area contributed by atoms with E-state index in [0.717, 1.165) is 11.8 Å². The highest BCUT2D eigenvalue weighted by molar-refractivity contribution is 5.28. The summed E-state index contributed by atoms with van der Waals surface area (Å²) in [6.07, 6.45) is 12.4. The van der Waals surface area contributed by atoms with E-state index in [1.807, 2.05) is 0 Å². The Bertz CT molecular complexity index is 424. The molecule has 0 aliphatic heterocycles. The van der Waals surface area contributed by atoms with Crippen LogP contribution < -0.4 is 5.73 Å². The van der Waals surface area contributed by atoms with Crippen molar-refractivity contribution in [2.24, 2.45) is 17.6 Å². The molecule has 0 aromatic heterocycles. The van der Waals surface area contributed by atoms with Crippen molar-refractivity contribution in [3.63, 3.8) is 0 Å². The fourth-order valence-corrected chi connectivity index (χ4v) is 4.25. The smallest absolute Gasteiger partial charge is 0.0323 e. The Morgan fingerprint density at radius 3 is 2.19 bits per heavy atom. The van der Waals surface area contributed by atoms with Crippen LogP contribution in [0.5, 0.6) is 0 Å². The van der Waals surface area contributed by atoms with Gasteiger partial charge in [-0.2, -0.15) is 0 Å². The summed E-state index contributed by atoms with van der Waals surface area (Å²) in [7, 11) is 0. The predicted octanol–water partition coefficient (Wildman–Crippen LogP) is 5.56. The van der Waals surface area contributed by atoms with Crippen LogP contribution >= 0.6 is 0 Å². The van der Waals surface area contributed by atoms with Crippen molar-refractivity contribution in [2.75, 3.05) is 0 Å². The van der Waals surface area contributed by atoms with Gasteiger partial charge < -0.3 is 5.73 Å². The van der Waals surface area contributed by atoms with Gasteiger partial charge in [-0.1, -0.05) is 63.3 Å². The van der Waals surface area contributed by atoms with Gasteiger partial charge in [0.1, 0.15) is 0 Å². The number of nitrogens with two attached hydrogens (primary N) is 1. The highest BCUT2D eigenvalue weighted by atomic mass is 14.7. The molecule has 1 nitrogen and oxygen atoms in total. The predicted molar refractivity (Wildman–Crippen MR) is 90.3 cm³/mol. The molecule has 21 heavy (non-hydrogen) atoms. The molecule has 1 aromatic carbocycles. The van der Waals surface area contributed by atoms with Crippen LogP contribution in [0.15, 0.2) is 24.3 Å². The van der Waals surface area contributed by atoms with Crippen molar-refractivity contribution in [3.8, 4) is 0 Å². The van der Waals surface area contributed by atoms with Gasteiger partial charge in [-0.15, -0.1) is 0 Å². The minimum absolute atomic E-state index is 0.253. The van der Waals surface area contributed by atoms with Crippen LogP contribution in [0.25, 0.3) is 0 Å². The molecule has 0 bridgehead atoms. The molecule has 2 saturated carbocycles. The summed E-state index contributed by atoms with van der Waals surface area (Å²) in [6.45, 7) is 2.31. The Kier molecular flexibility index (Phi) is 5.00. The van der Waals surface area contributed by atoms with Gasteiger partial charge in [0, 0.05) is 6.04 Å². The van der Waals surface area contributed by atoms with Gasteiger partial charge in [0.15, 0.2) is 0 Å². The zero-order valence-corrected chi connectivity index (χ0v) is 13.6. The monoisotopic (exact) mass is 285 g/mol. The lowest BCUT2D eigenvalue weighted by Crippen LogP contribution is -2.26. The Balaban J connectivity index is 1.56. The molecule has 2 fully saturated rings. The van der Waals surface area contributed by atoms with Crippen LogP contribution in [-0.4, -0.2) is 0 Å². The summed E-state index contributed by atoms with van der Waals surface area (Å²) in [5, 5.41) is 0. The van der Waals surface area contributed by atoms with Crippen LogP contribution in [0.4, 0.5) is 0 Å². The van der Waals surface area contributed by atoms with Gasteiger partial charge in [-0.05, 0) is 54.6 Å². The number of hydrogen-bond acceptors (Lipinski definition) is 1. The first kappa shape index (κ1) is 15.1. The van der Waals surface area contributed by atoms with Gasteiger partial charge in [-0.3, -0.25) is 0 Å². The summed E-state index contributed by atoms with van der Waals surface area (Å²) >= 11 is 0. The van der Waals surface area contributed by atoms with E-state index in [1.54, 1.807) is 0 Å². The first-order chi connectivity index (χ1) is 10.3. The maximum atomic E-state index is 6.56. The molecule has 2 aliphatic carbocycles. The third-order valence-electron chi connectivity index (χ3n) is 5.99. The van der Waals surface area contributed by atoms with Crippen molar-refractivity contribution >= 4 is 0 Å². The first-order valence-corrected chi connectivity index (χ1v) is 9.13. The fraction of sp³-hybridized carbons (Fsp3) is 0.700. The third-order valence-corrected chi connectivity index (χ3v) is 5.99. The Morgan fingerprint density at radius 1 is 1.00 bits per heavy atom. The Morgan fingerprint density at radius 2 is 1.67 bits per heavy atom. The van der Waals surface area contributed by atoms with E-state index >= 15 is 0 Å². The van der Waals surface area contributed by atoms with E-state index in [4.69, 9.17) is 5.73 Å². The molecule has 1 heteroatoms. The number of benzene rings is 1. The summed E-state index contributed by atoms with van der Waals surface area (Å²) in [4.78, 5) is 0. The van der Waals surface area contributed by atoms with Crippen molar-refractivity contribution in [1.82, 2.24) is 0 Å². The molecule has 2 N–H and O–H groups in total.